The average Bonchev–Trinajstić information content (AvgIpc) is 2.81. The molecule has 35 heavy (non-hydrogen) atoms. The van der Waals surface area contributed by atoms with E-state index in [9.17, 15) is 19.2 Å². The van der Waals surface area contributed by atoms with Crippen LogP contribution in [0.3, 0.4) is 0 Å². The van der Waals surface area contributed by atoms with Crippen molar-refractivity contribution in [3.63, 3.8) is 0 Å². The van der Waals surface area contributed by atoms with E-state index in [0.29, 0.717) is 16.6 Å². The summed E-state index contributed by atoms with van der Waals surface area (Å²) < 4.78 is 11.6. The molecule has 0 fully saturated rings. The number of esters is 1. The van der Waals surface area contributed by atoms with Gasteiger partial charge in [-0.25, -0.2) is 9.59 Å². The number of pyridine rings is 1. The number of carbonyl (C=O) groups excluding carboxylic acids is 2. The summed E-state index contributed by atoms with van der Waals surface area (Å²) in [4.78, 5) is 58.6. The molecule has 0 aliphatic heterocycles. The highest BCUT2D eigenvalue weighted by Crippen LogP contribution is 2.20. The summed E-state index contributed by atoms with van der Waals surface area (Å²) in [7, 11) is 1.44. The number of methoxy groups -OCH3 is 1. The van der Waals surface area contributed by atoms with E-state index in [2.05, 4.69) is 9.97 Å². The fourth-order valence-electron chi connectivity index (χ4n) is 3.69. The zero-order valence-corrected chi connectivity index (χ0v) is 20.2. The van der Waals surface area contributed by atoms with Crippen molar-refractivity contribution in [1.82, 2.24) is 14.5 Å². The lowest BCUT2D eigenvalue weighted by Gasteiger charge is -2.24. The number of aromatic amines is 1. The molecule has 2 aromatic heterocycles. The summed E-state index contributed by atoms with van der Waals surface area (Å²) in [5.74, 6) is -1.51. The Kier molecular flexibility index (Phi) is 8.02. The number of nitrogens with zero attached hydrogens (tertiary/aromatic N) is 3. The van der Waals surface area contributed by atoms with E-state index in [0.717, 1.165) is 4.90 Å². The second-order valence-corrected chi connectivity index (χ2v) is 8.44. The molecule has 3 aromatic rings. The molecule has 0 aliphatic carbocycles. The van der Waals surface area contributed by atoms with Crippen LogP contribution in [-0.2, 0) is 20.8 Å². The zero-order valence-electron chi connectivity index (χ0n) is 20.2. The lowest BCUT2D eigenvalue weighted by atomic mass is 10.1. The van der Waals surface area contributed by atoms with Gasteiger partial charge in [-0.2, -0.15) is 0 Å². The number of ether oxygens (including phenoxy) is 2. The Balaban J connectivity index is 1.91. The summed E-state index contributed by atoms with van der Waals surface area (Å²) in [6.45, 7) is 5.14. The smallest absolute Gasteiger partial charge is 0.339 e. The lowest BCUT2D eigenvalue weighted by Crippen LogP contribution is -2.44. The molecule has 0 bridgehead atoms. The number of anilines is 2. The quantitative estimate of drug-likeness (QED) is 0.435. The number of H-pyrrole nitrogens is 1. The van der Waals surface area contributed by atoms with E-state index in [1.165, 1.54) is 11.7 Å². The topological polar surface area (TPSA) is 150 Å². The third-order valence-corrected chi connectivity index (χ3v) is 5.24. The first-order valence-corrected chi connectivity index (χ1v) is 11.1. The molecule has 1 amide bonds. The van der Waals surface area contributed by atoms with Crippen molar-refractivity contribution < 1.29 is 19.1 Å². The molecule has 3 N–H and O–H groups in total. The molecule has 0 atom stereocenters. The molecule has 0 radical (unpaired) electrons. The number of aromatic nitrogens is 3. The second kappa shape index (κ2) is 11.0. The van der Waals surface area contributed by atoms with E-state index >= 15 is 0 Å². The Morgan fingerprint density at radius 1 is 1.23 bits per heavy atom. The first kappa shape index (κ1) is 25.6. The van der Waals surface area contributed by atoms with E-state index in [-0.39, 0.29) is 42.7 Å². The van der Waals surface area contributed by atoms with Gasteiger partial charge in [0.1, 0.15) is 5.82 Å². The van der Waals surface area contributed by atoms with Crippen LogP contribution in [0.1, 0.15) is 29.9 Å². The van der Waals surface area contributed by atoms with Crippen LogP contribution in [0, 0.1) is 12.8 Å². The Morgan fingerprint density at radius 2 is 1.94 bits per heavy atom. The highest BCUT2D eigenvalue weighted by atomic mass is 16.5. The number of carbonyl (C=O) groups is 2. The van der Waals surface area contributed by atoms with Crippen molar-refractivity contribution in [3.05, 3.63) is 62.4 Å². The highest BCUT2D eigenvalue weighted by molar-refractivity contribution is 6.05. The van der Waals surface area contributed by atoms with Crippen molar-refractivity contribution in [2.75, 3.05) is 37.5 Å². The van der Waals surface area contributed by atoms with Gasteiger partial charge in [0.05, 0.1) is 17.7 Å². The van der Waals surface area contributed by atoms with Gasteiger partial charge in [0, 0.05) is 31.3 Å². The van der Waals surface area contributed by atoms with Crippen LogP contribution >= 0.6 is 0 Å². The Hall–Kier alpha value is -3.99. The second-order valence-electron chi connectivity index (χ2n) is 8.44. The van der Waals surface area contributed by atoms with E-state index < -0.39 is 29.7 Å². The fraction of sp³-hybridized carbons (Fsp3) is 0.375. The Morgan fingerprint density at radius 3 is 2.63 bits per heavy atom. The summed E-state index contributed by atoms with van der Waals surface area (Å²) in [6.07, 6.45) is 0. The minimum absolute atomic E-state index is 0.0443. The lowest BCUT2D eigenvalue weighted by molar-refractivity contribution is -0.121. The predicted octanol–water partition coefficient (Wildman–Crippen LogP) is 1.47. The van der Waals surface area contributed by atoms with Crippen LogP contribution < -0.4 is 21.9 Å². The molecule has 11 nitrogen and oxygen atoms in total. The predicted molar refractivity (Wildman–Crippen MR) is 132 cm³/mol. The first-order valence-electron chi connectivity index (χ1n) is 11.1. The first-order chi connectivity index (χ1) is 16.6. The summed E-state index contributed by atoms with van der Waals surface area (Å²) >= 11 is 0. The number of benzene rings is 1. The fourth-order valence-corrected chi connectivity index (χ4v) is 3.69. The molecular weight excluding hydrogens is 454 g/mol. The van der Waals surface area contributed by atoms with Gasteiger partial charge in [-0.05, 0) is 25.0 Å². The van der Waals surface area contributed by atoms with E-state index in [4.69, 9.17) is 15.2 Å². The number of nitrogen functional groups attached to an aromatic ring is 1. The number of aryl methyl sites for hydroxylation is 1. The van der Waals surface area contributed by atoms with Gasteiger partial charge in [-0.3, -0.25) is 29.0 Å². The van der Waals surface area contributed by atoms with E-state index in [1.807, 2.05) is 19.9 Å². The molecule has 0 aliphatic rings. The van der Waals surface area contributed by atoms with Crippen LogP contribution in [0.15, 0.2) is 39.9 Å². The maximum atomic E-state index is 13.1. The van der Waals surface area contributed by atoms with Gasteiger partial charge in [0.2, 0.25) is 0 Å². The number of rotatable bonds is 9. The van der Waals surface area contributed by atoms with Crippen molar-refractivity contribution in [1.29, 1.82) is 0 Å². The van der Waals surface area contributed by atoms with Gasteiger partial charge in [-0.15, -0.1) is 0 Å². The molecule has 0 unspecified atom stereocenters. The molecule has 2 heterocycles. The van der Waals surface area contributed by atoms with Crippen LogP contribution in [0.4, 0.5) is 11.5 Å². The van der Waals surface area contributed by atoms with Gasteiger partial charge in [0.25, 0.3) is 11.5 Å². The van der Waals surface area contributed by atoms with Crippen molar-refractivity contribution >= 4 is 34.3 Å². The van der Waals surface area contributed by atoms with Crippen molar-refractivity contribution in [2.24, 2.45) is 5.92 Å². The largest absolute Gasteiger partial charge is 0.452 e. The molecule has 0 saturated heterocycles. The zero-order chi connectivity index (χ0) is 25.7. The van der Waals surface area contributed by atoms with Crippen molar-refractivity contribution in [3.8, 4) is 0 Å². The third-order valence-electron chi connectivity index (χ3n) is 5.24. The monoisotopic (exact) mass is 483 g/mol. The molecule has 1 aromatic carbocycles. The molecule has 3 rings (SSSR count). The van der Waals surface area contributed by atoms with Crippen molar-refractivity contribution in [2.45, 2.75) is 27.3 Å². The number of hydrogen-bond donors (Lipinski definition) is 2. The number of fused-ring (bicyclic) bond motifs is 1. The number of nitrogens with two attached hydrogens (primary N) is 1. The number of amides is 1. The minimum atomic E-state index is -0.820. The number of nitrogens with one attached hydrogen (secondary N) is 1. The maximum Gasteiger partial charge on any atom is 0.339 e. The maximum absolute atomic E-state index is 13.1. The summed E-state index contributed by atoms with van der Waals surface area (Å²) in [6, 6.07) is 8.68. The standard InChI is InChI=1S/C24H29N5O6/c1-14(2)12-29-21(25)20(22(31)27-24(29)33)28(9-10-34-4)19(30)13-35-23(32)17-11-15(3)26-18-8-6-5-7-16(17)18/h5-8,11,14H,9-10,12-13,25H2,1-4H3,(H,27,31,33). The van der Waals surface area contributed by atoms with Gasteiger partial charge in [0.15, 0.2) is 12.3 Å². The van der Waals surface area contributed by atoms with Crippen LogP contribution in [-0.4, -0.2) is 53.3 Å². The number of hydrogen-bond acceptors (Lipinski definition) is 8. The molecule has 186 valence electrons. The molecule has 0 spiro atoms. The SMILES string of the molecule is COCCN(C(=O)COC(=O)c1cc(C)nc2ccccc12)c1c(N)n(CC(C)C)c(=O)[nH]c1=O. The van der Waals surface area contributed by atoms with Crippen LogP contribution in [0.5, 0.6) is 0 Å². The third kappa shape index (κ3) is 5.75. The summed E-state index contributed by atoms with van der Waals surface area (Å²) in [5.41, 5.74) is 5.99. The van der Waals surface area contributed by atoms with Crippen LogP contribution in [0.2, 0.25) is 0 Å². The van der Waals surface area contributed by atoms with E-state index in [1.54, 1.807) is 31.2 Å². The summed E-state index contributed by atoms with van der Waals surface area (Å²) in [5, 5.41) is 0.591. The Bertz CT molecular complexity index is 1360. The molecule has 0 saturated carbocycles. The molecular formula is C24H29N5O6. The van der Waals surface area contributed by atoms with Crippen LogP contribution in [0.25, 0.3) is 10.9 Å². The molecule has 11 heteroatoms. The highest BCUT2D eigenvalue weighted by Gasteiger charge is 2.26. The van der Waals surface area contributed by atoms with Gasteiger partial charge < -0.3 is 15.2 Å². The average molecular weight is 484 g/mol. The van der Waals surface area contributed by atoms with Gasteiger partial charge >= 0.3 is 11.7 Å². The number of para-hydroxylation sites is 1. The van der Waals surface area contributed by atoms with Gasteiger partial charge in [-0.1, -0.05) is 32.0 Å². The normalized spacial score (nSPS) is 11.1. The Labute approximate surface area is 201 Å². The minimum Gasteiger partial charge on any atom is -0.452 e.